The maximum atomic E-state index is 12.6. The highest BCUT2D eigenvalue weighted by molar-refractivity contribution is 5.73. The number of hydrogen-bond acceptors (Lipinski definition) is 4. The summed E-state index contributed by atoms with van der Waals surface area (Å²) in [5.74, 6) is -2.17. The number of rotatable bonds is 6. The fourth-order valence-corrected chi connectivity index (χ4v) is 3.08. The second-order valence-electron chi connectivity index (χ2n) is 6.61. The van der Waals surface area contributed by atoms with Gasteiger partial charge in [0, 0.05) is 0 Å². The standard InChI is InChI=1S/C9H10FNO2.C9H17NO2/c10-7-3-1-2-6(4-7)5-8(11)9(12)13;10-7-9(6-8(11)12)4-2-1-3-5-9/h1-4,8H,5,11H2,(H,12,13);1-7,10H2,(H,11,12)/t8-;/m0./s1. The minimum absolute atomic E-state index is 0.0793. The third-order valence-corrected chi connectivity index (χ3v) is 4.54. The lowest BCUT2D eigenvalue weighted by atomic mass is 9.72. The van der Waals surface area contributed by atoms with Gasteiger partial charge in [-0.3, -0.25) is 9.59 Å². The van der Waals surface area contributed by atoms with Gasteiger partial charge in [0.2, 0.25) is 0 Å². The SMILES string of the molecule is NCC1(CC(=O)O)CCCCC1.N[C@@H](Cc1cccc(F)c1)C(=O)O. The van der Waals surface area contributed by atoms with Gasteiger partial charge in [0.25, 0.3) is 0 Å². The van der Waals surface area contributed by atoms with Gasteiger partial charge in [0.1, 0.15) is 11.9 Å². The maximum absolute atomic E-state index is 12.6. The van der Waals surface area contributed by atoms with Gasteiger partial charge in [-0.25, -0.2) is 4.39 Å². The highest BCUT2D eigenvalue weighted by Gasteiger charge is 2.32. The summed E-state index contributed by atoms with van der Waals surface area (Å²) >= 11 is 0. The number of carboxylic acids is 2. The molecular weight excluding hydrogens is 327 g/mol. The number of carbonyl (C=O) groups is 2. The zero-order valence-corrected chi connectivity index (χ0v) is 14.3. The van der Waals surface area contributed by atoms with E-state index in [0.717, 1.165) is 25.7 Å². The van der Waals surface area contributed by atoms with E-state index in [1.165, 1.54) is 24.6 Å². The average Bonchev–Trinajstić information content (AvgIpc) is 2.55. The van der Waals surface area contributed by atoms with Crippen LogP contribution in [0.4, 0.5) is 4.39 Å². The second-order valence-corrected chi connectivity index (χ2v) is 6.61. The molecule has 0 aromatic heterocycles. The van der Waals surface area contributed by atoms with Crippen LogP contribution >= 0.6 is 0 Å². The van der Waals surface area contributed by atoms with Gasteiger partial charge in [-0.2, -0.15) is 0 Å². The molecule has 0 heterocycles. The summed E-state index contributed by atoms with van der Waals surface area (Å²) < 4.78 is 12.6. The fourth-order valence-electron chi connectivity index (χ4n) is 3.08. The van der Waals surface area contributed by atoms with Crippen LogP contribution in [0.15, 0.2) is 24.3 Å². The van der Waals surface area contributed by atoms with E-state index in [0.29, 0.717) is 12.1 Å². The molecule has 140 valence electrons. The Bertz CT molecular complexity index is 574. The smallest absolute Gasteiger partial charge is 0.320 e. The molecule has 1 aliphatic rings. The topological polar surface area (TPSA) is 127 Å². The molecule has 0 radical (unpaired) electrons. The van der Waals surface area contributed by atoms with Crippen molar-refractivity contribution in [1.29, 1.82) is 0 Å². The summed E-state index contributed by atoms with van der Waals surface area (Å²) in [5.41, 5.74) is 11.4. The molecule has 1 aromatic rings. The maximum Gasteiger partial charge on any atom is 0.320 e. The van der Waals surface area contributed by atoms with Crippen molar-refractivity contribution >= 4 is 11.9 Å². The van der Waals surface area contributed by atoms with Crippen molar-refractivity contribution in [3.8, 4) is 0 Å². The molecule has 1 saturated carbocycles. The van der Waals surface area contributed by atoms with Gasteiger partial charge in [0.05, 0.1) is 6.42 Å². The Hall–Kier alpha value is -1.99. The number of aliphatic carboxylic acids is 2. The van der Waals surface area contributed by atoms with E-state index in [-0.39, 0.29) is 24.1 Å². The number of nitrogens with two attached hydrogens (primary N) is 2. The molecule has 1 fully saturated rings. The number of carboxylic acid groups (broad SMARTS) is 2. The first-order valence-electron chi connectivity index (χ1n) is 8.43. The highest BCUT2D eigenvalue weighted by atomic mass is 19.1. The molecule has 25 heavy (non-hydrogen) atoms. The predicted molar refractivity (Wildman–Crippen MR) is 92.5 cm³/mol. The Balaban J connectivity index is 0.000000251. The largest absolute Gasteiger partial charge is 0.481 e. The third-order valence-electron chi connectivity index (χ3n) is 4.54. The van der Waals surface area contributed by atoms with Crippen molar-refractivity contribution in [1.82, 2.24) is 0 Å². The van der Waals surface area contributed by atoms with E-state index in [2.05, 4.69) is 0 Å². The lowest BCUT2D eigenvalue weighted by molar-refractivity contribution is -0.140. The summed E-state index contributed by atoms with van der Waals surface area (Å²) in [4.78, 5) is 20.9. The molecule has 0 bridgehead atoms. The molecule has 1 aliphatic carbocycles. The van der Waals surface area contributed by atoms with Crippen LogP contribution in [0.25, 0.3) is 0 Å². The van der Waals surface area contributed by atoms with E-state index in [9.17, 15) is 14.0 Å². The third kappa shape index (κ3) is 7.62. The van der Waals surface area contributed by atoms with Gasteiger partial charge in [-0.1, -0.05) is 31.4 Å². The molecule has 1 aromatic carbocycles. The normalized spacial score (nSPS) is 17.1. The Morgan fingerprint density at radius 1 is 1.20 bits per heavy atom. The molecule has 2 rings (SSSR count). The molecule has 7 heteroatoms. The molecule has 6 N–H and O–H groups in total. The molecular formula is C18H27FN2O4. The lowest BCUT2D eigenvalue weighted by Crippen LogP contribution is -2.34. The number of halogens is 1. The summed E-state index contributed by atoms with van der Waals surface area (Å²) in [5, 5.41) is 17.2. The Kier molecular flexibility index (Phi) is 8.51. The molecule has 6 nitrogen and oxygen atoms in total. The summed E-state index contributed by atoms with van der Waals surface area (Å²) in [6.07, 6.45) is 5.92. The van der Waals surface area contributed by atoms with Crippen molar-refractivity contribution in [2.75, 3.05) is 6.54 Å². The van der Waals surface area contributed by atoms with Crippen LogP contribution in [0.5, 0.6) is 0 Å². The van der Waals surface area contributed by atoms with Crippen molar-refractivity contribution < 1.29 is 24.2 Å². The molecule has 0 unspecified atom stereocenters. The van der Waals surface area contributed by atoms with E-state index in [1.54, 1.807) is 6.07 Å². The van der Waals surface area contributed by atoms with Gasteiger partial charge >= 0.3 is 11.9 Å². The van der Waals surface area contributed by atoms with Crippen molar-refractivity contribution in [3.63, 3.8) is 0 Å². The van der Waals surface area contributed by atoms with Crippen LogP contribution in [-0.2, 0) is 16.0 Å². The zero-order valence-electron chi connectivity index (χ0n) is 14.3. The fraction of sp³-hybridized carbons (Fsp3) is 0.556. The summed E-state index contributed by atoms with van der Waals surface area (Å²) in [7, 11) is 0. The molecule has 1 atom stereocenters. The van der Waals surface area contributed by atoms with E-state index < -0.39 is 18.0 Å². The van der Waals surface area contributed by atoms with Crippen LogP contribution in [0.1, 0.15) is 44.1 Å². The Morgan fingerprint density at radius 3 is 2.32 bits per heavy atom. The molecule has 0 amide bonds. The summed E-state index contributed by atoms with van der Waals surface area (Å²) in [6, 6.07) is 4.78. The zero-order chi connectivity index (χ0) is 18.9. The van der Waals surface area contributed by atoms with E-state index >= 15 is 0 Å². The van der Waals surface area contributed by atoms with Crippen molar-refractivity contribution in [2.45, 2.75) is 51.0 Å². The molecule has 0 saturated heterocycles. The first-order chi connectivity index (χ1) is 11.8. The van der Waals surface area contributed by atoms with E-state index in [4.69, 9.17) is 21.7 Å². The Labute approximate surface area is 147 Å². The predicted octanol–water partition coefficient (Wildman–Crippen LogP) is 2.15. The highest BCUT2D eigenvalue weighted by Crippen LogP contribution is 2.38. The minimum Gasteiger partial charge on any atom is -0.481 e. The van der Waals surface area contributed by atoms with Crippen molar-refractivity contribution in [3.05, 3.63) is 35.6 Å². The number of hydrogen-bond donors (Lipinski definition) is 4. The second kappa shape index (κ2) is 10.1. The monoisotopic (exact) mass is 354 g/mol. The first kappa shape index (κ1) is 21.1. The van der Waals surface area contributed by atoms with Crippen molar-refractivity contribution in [2.24, 2.45) is 16.9 Å². The molecule has 0 aliphatic heterocycles. The van der Waals surface area contributed by atoms with Crippen LogP contribution in [0.2, 0.25) is 0 Å². The van der Waals surface area contributed by atoms with Crippen LogP contribution in [0.3, 0.4) is 0 Å². The van der Waals surface area contributed by atoms with Crippen LogP contribution < -0.4 is 11.5 Å². The summed E-state index contributed by atoms with van der Waals surface area (Å²) in [6.45, 7) is 0.527. The van der Waals surface area contributed by atoms with Crippen LogP contribution in [-0.4, -0.2) is 34.7 Å². The van der Waals surface area contributed by atoms with E-state index in [1.807, 2.05) is 0 Å². The first-order valence-corrected chi connectivity index (χ1v) is 8.43. The Morgan fingerprint density at radius 2 is 1.84 bits per heavy atom. The van der Waals surface area contributed by atoms with Gasteiger partial charge in [-0.15, -0.1) is 0 Å². The number of benzene rings is 1. The lowest BCUT2D eigenvalue weighted by Gasteiger charge is -2.34. The average molecular weight is 354 g/mol. The molecule has 0 spiro atoms. The van der Waals surface area contributed by atoms with Gasteiger partial charge in [-0.05, 0) is 48.9 Å². The minimum atomic E-state index is -1.08. The van der Waals surface area contributed by atoms with Crippen LogP contribution in [0, 0.1) is 11.2 Å². The quantitative estimate of drug-likeness (QED) is 0.620. The van der Waals surface area contributed by atoms with Gasteiger partial charge in [0.15, 0.2) is 0 Å². The van der Waals surface area contributed by atoms with Gasteiger partial charge < -0.3 is 21.7 Å².